The number of nitrogens with zero attached hydrogens (tertiary/aromatic N) is 3. The SMILES string of the molecule is CCNC(=NCc1ccc(-n2ccnc2)c(F)c1)NC1CCC(O)CC1.I. The molecule has 3 N–H and O–H groups in total. The maximum atomic E-state index is 14.3. The van der Waals surface area contributed by atoms with Crippen molar-refractivity contribution >= 4 is 29.9 Å². The Bertz CT molecular complexity index is 730. The summed E-state index contributed by atoms with van der Waals surface area (Å²) in [5.41, 5.74) is 1.28. The molecule has 0 unspecified atom stereocenters. The zero-order valence-electron chi connectivity index (χ0n) is 15.4. The third-order valence-electron chi connectivity index (χ3n) is 4.60. The lowest BCUT2D eigenvalue weighted by atomic mass is 9.93. The number of rotatable bonds is 5. The van der Waals surface area contributed by atoms with Crippen LogP contribution in [0.25, 0.3) is 5.69 Å². The van der Waals surface area contributed by atoms with Gasteiger partial charge in [0.1, 0.15) is 5.82 Å². The summed E-state index contributed by atoms with van der Waals surface area (Å²) in [6.45, 7) is 3.17. The first kappa shape index (κ1) is 21.6. The Hall–Kier alpha value is -1.68. The van der Waals surface area contributed by atoms with Crippen molar-refractivity contribution in [3.05, 3.63) is 48.3 Å². The first-order valence-electron chi connectivity index (χ1n) is 9.15. The van der Waals surface area contributed by atoms with Crippen LogP contribution >= 0.6 is 24.0 Å². The monoisotopic (exact) mass is 487 g/mol. The van der Waals surface area contributed by atoms with Gasteiger partial charge in [0, 0.05) is 25.0 Å². The zero-order valence-corrected chi connectivity index (χ0v) is 17.8. The number of hydrogen-bond donors (Lipinski definition) is 3. The van der Waals surface area contributed by atoms with Crippen LogP contribution in [0.3, 0.4) is 0 Å². The minimum atomic E-state index is -0.296. The van der Waals surface area contributed by atoms with Gasteiger partial charge in [0.05, 0.1) is 24.7 Å². The van der Waals surface area contributed by atoms with Crippen LogP contribution in [0.15, 0.2) is 41.9 Å². The zero-order chi connectivity index (χ0) is 18.4. The highest BCUT2D eigenvalue weighted by Crippen LogP contribution is 2.18. The second kappa shape index (κ2) is 10.6. The van der Waals surface area contributed by atoms with Crippen molar-refractivity contribution in [3.8, 4) is 5.69 Å². The predicted molar refractivity (Wildman–Crippen MR) is 115 cm³/mol. The van der Waals surface area contributed by atoms with Gasteiger partial charge in [-0.25, -0.2) is 14.4 Å². The number of aliphatic hydroxyl groups excluding tert-OH is 1. The van der Waals surface area contributed by atoms with E-state index >= 15 is 0 Å². The van der Waals surface area contributed by atoms with Gasteiger partial charge in [-0.1, -0.05) is 6.07 Å². The van der Waals surface area contributed by atoms with Crippen LogP contribution in [0.1, 0.15) is 38.2 Å². The smallest absolute Gasteiger partial charge is 0.191 e. The molecule has 1 aromatic carbocycles. The average Bonchev–Trinajstić information content (AvgIpc) is 3.16. The molecule has 1 aliphatic rings. The minimum absolute atomic E-state index is 0. The normalized spacial score (nSPS) is 20.0. The fourth-order valence-electron chi connectivity index (χ4n) is 3.16. The summed E-state index contributed by atoms with van der Waals surface area (Å²) in [5, 5.41) is 16.3. The average molecular weight is 487 g/mol. The lowest BCUT2D eigenvalue weighted by Crippen LogP contribution is -2.45. The quantitative estimate of drug-likeness (QED) is 0.345. The summed E-state index contributed by atoms with van der Waals surface area (Å²) >= 11 is 0. The van der Waals surface area contributed by atoms with Gasteiger partial charge in [0.25, 0.3) is 0 Å². The van der Waals surface area contributed by atoms with Gasteiger partial charge in [0.15, 0.2) is 5.96 Å². The van der Waals surface area contributed by atoms with Crippen LogP contribution in [0.5, 0.6) is 0 Å². The fourth-order valence-corrected chi connectivity index (χ4v) is 3.16. The molecule has 148 valence electrons. The lowest BCUT2D eigenvalue weighted by molar-refractivity contribution is 0.120. The topological polar surface area (TPSA) is 74.5 Å². The number of benzene rings is 1. The molecular formula is C19H27FIN5O. The molecule has 1 heterocycles. The van der Waals surface area contributed by atoms with E-state index in [0.717, 1.165) is 43.8 Å². The van der Waals surface area contributed by atoms with Gasteiger partial charge in [-0.2, -0.15) is 0 Å². The van der Waals surface area contributed by atoms with E-state index in [1.807, 2.05) is 13.0 Å². The second-order valence-corrected chi connectivity index (χ2v) is 6.60. The van der Waals surface area contributed by atoms with Gasteiger partial charge in [-0.3, -0.25) is 0 Å². The number of nitrogens with one attached hydrogen (secondary N) is 2. The highest BCUT2D eigenvalue weighted by molar-refractivity contribution is 14.0. The summed E-state index contributed by atoms with van der Waals surface area (Å²) in [6, 6.07) is 5.45. The Balaban J connectivity index is 0.00000261. The van der Waals surface area contributed by atoms with E-state index in [9.17, 15) is 9.50 Å². The van der Waals surface area contributed by atoms with Crippen LogP contribution in [0.4, 0.5) is 4.39 Å². The first-order valence-corrected chi connectivity index (χ1v) is 9.15. The number of aliphatic hydroxyl groups is 1. The molecule has 0 atom stereocenters. The van der Waals surface area contributed by atoms with E-state index in [-0.39, 0.29) is 35.9 Å². The van der Waals surface area contributed by atoms with Crippen LogP contribution < -0.4 is 10.6 Å². The van der Waals surface area contributed by atoms with Crippen molar-refractivity contribution in [1.82, 2.24) is 20.2 Å². The summed E-state index contributed by atoms with van der Waals surface area (Å²) in [7, 11) is 0. The second-order valence-electron chi connectivity index (χ2n) is 6.60. The molecule has 0 spiro atoms. The number of imidazole rings is 1. The van der Waals surface area contributed by atoms with E-state index in [4.69, 9.17) is 0 Å². The van der Waals surface area contributed by atoms with E-state index in [1.165, 1.54) is 6.07 Å². The summed E-state index contributed by atoms with van der Waals surface area (Å²) in [4.78, 5) is 8.52. The molecular weight excluding hydrogens is 460 g/mol. The van der Waals surface area contributed by atoms with Crippen molar-refractivity contribution < 1.29 is 9.50 Å². The lowest BCUT2D eigenvalue weighted by Gasteiger charge is -2.27. The molecule has 3 rings (SSSR count). The number of aliphatic imine (C=N–C) groups is 1. The molecule has 1 aliphatic carbocycles. The van der Waals surface area contributed by atoms with E-state index < -0.39 is 0 Å². The van der Waals surface area contributed by atoms with Gasteiger partial charge >= 0.3 is 0 Å². The van der Waals surface area contributed by atoms with Crippen molar-refractivity contribution in [2.75, 3.05) is 6.54 Å². The molecule has 0 saturated heterocycles. The summed E-state index contributed by atoms with van der Waals surface area (Å²) in [5.74, 6) is 0.433. The Kier molecular flexibility index (Phi) is 8.49. The molecule has 0 bridgehead atoms. The summed E-state index contributed by atoms with van der Waals surface area (Å²) in [6.07, 6.45) is 8.23. The summed E-state index contributed by atoms with van der Waals surface area (Å²) < 4.78 is 16.0. The molecule has 0 aliphatic heterocycles. The van der Waals surface area contributed by atoms with E-state index in [2.05, 4.69) is 20.6 Å². The highest BCUT2D eigenvalue weighted by atomic mass is 127. The number of halogens is 2. The number of aromatic nitrogens is 2. The molecule has 0 amide bonds. The van der Waals surface area contributed by atoms with Crippen molar-refractivity contribution in [2.24, 2.45) is 4.99 Å². The fraction of sp³-hybridized carbons (Fsp3) is 0.474. The molecule has 6 nitrogen and oxygen atoms in total. The van der Waals surface area contributed by atoms with Crippen LogP contribution in [0.2, 0.25) is 0 Å². The Labute approximate surface area is 176 Å². The minimum Gasteiger partial charge on any atom is -0.393 e. The highest BCUT2D eigenvalue weighted by Gasteiger charge is 2.19. The van der Waals surface area contributed by atoms with Crippen LogP contribution in [0, 0.1) is 5.82 Å². The van der Waals surface area contributed by atoms with Crippen LogP contribution in [-0.4, -0.2) is 39.3 Å². The van der Waals surface area contributed by atoms with E-state index in [1.54, 1.807) is 29.4 Å². The number of hydrogen-bond acceptors (Lipinski definition) is 3. The van der Waals surface area contributed by atoms with E-state index in [0.29, 0.717) is 18.3 Å². The largest absolute Gasteiger partial charge is 0.393 e. The van der Waals surface area contributed by atoms with Crippen LogP contribution in [-0.2, 0) is 6.54 Å². The van der Waals surface area contributed by atoms with Gasteiger partial charge in [0.2, 0.25) is 0 Å². The van der Waals surface area contributed by atoms with Crippen molar-refractivity contribution in [1.29, 1.82) is 0 Å². The first-order chi connectivity index (χ1) is 12.7. The predicted octanol–water partition coefficient (Wildman–Crippen LogP) is 2.99. The standard InChI is InChI=1S/C19H26FN5O.HI/c1-2-22-19(24-15-4-6-16(26)7-5-15)23-12-14-3-8-18(17(20)11-14)25-10-9-21-13-25;/h3,8-11,13,15-16,26H,2,4-7,12H2,1H3,(H2,22,23,24);1H. The third kappa shape index (κ3) is 6.17. The Morgan fingerprint density at radius 1 is 1.33 bits per heavy atom. The van der Waals surface area contributed by atoms with Crippen molar-refractivity contribution in [3.63, 3.8) is 0 Å². The van der Waals surface area contributed by atoms with Gasteiger partial charge in [-0.15, -0.1) is 24.0 Å². The molecule has 1 aromatic heterocycles. The number of guanidine groups is 1. The molecule has 1 saturated carbocycles. The third-order valence-corrected chi connectivity index (χ3v) is 4.60. The molecule has 2 aromatic rings. The van der Waals surface area contributed by atoms with Gasteiger partial charge < -0.3 is 20.3 Å². The Morgan fingerprint density at radius 3 is 2.74 bits per heavy atom. The Morgan fingerprint density at radius 2 is 2.11 bits per heavy atom. The van der Waals surface area contributed by atoms with Crippen molar-refractivity contribution in [2.45, 2.75) is 51.3 Å². The maximum absolute atomic E-state index is 14.3. The van der Waals surface area contributed by atoms with Gasteiger partial charge in [-0.05, 0) is 50.3 Å². The molecule has 8 heteroatoms. The molecule has 27 heavy (non-hydrogen) atoms. The molecule has 0 radical (unpaired) electrons. The maximum Gasteiger partial charge on any atom is 0.191 e. The molecule has 1 fully saturated rings.